The molecule has 1 aliphatic rings. The smallest absolute Gasteiger partial charge is 0.309 e. The molecule has 1 unspecified atom stereocenters. The van der Waals surface area contributed by atoms with Crippen molar-refractivity contribution in [3.63, 3.8) is 0 Å². The summed E-state index contributed by atoms with van der Waals surface area (Å²) in [6.45, 7) is 5.79. The fourth-order valence-electron chi connectivity index (χ4n) is 4.31. The molecular formula is C26H29FN8O2. The van der Waals surface area contributed by atoms with Crippen molar-refractivity contribution < 1.29 is 13.6 Å². The molecule has 1 aliphatic carbocycles. The number of carbonyl (C=O) groups is 1. The third-order valence-corrected chi connectivity index (χ3v) is 6.21. The molecule has 0 bridgehead atoms. The quantitative estimate of drug-likeness (QED) is 0.382. The molecule has 5 rings (SSSR count). The molecule has 0 radical (unpaired) electrons. The number of halogens is 1. The topological polar surface area (TPSA) is 124 Å². The van der Waals surface area contributed by atoms with E-state index in [4.69, 9.17) is 4.42 Å². The fraction of sp³-hybridized carbons (Fsp3) is 0.385. The molecule has 0 saturated heterocycles. The number of anilines is 2. The average molecular weight is 505 g/mol. The second-order valence-corrected chi connectivity index (χ2v) is 10.3. The van der Waals surface area contributed by atoms with Crippen LogP contribution in [0, 0.1) is 0 Å². The Morgan fingerprint density at radius 2 is 2.03 bits per heavy atom. The van der Waals surface area contributed by atoms with E-state index < -0.39 is 12.1 Å². The van der Waals surface area contributed by atoms with Crippen molar-refractivity contribution in [2.45, 2.75) is 57.7 Å². The van der Waals surface area contributed by atoms with Gasteiger partial charge in [-0.25, -0.2) is 14.4 Å². The number of benzene rings is 1. The molecule has 4 aromatic rings. The standard InChI is InChI=1S/C26H29FN8O2/c1-26(2,3)24-34-33-23(37-24)22(36)31-21-8-6-17(27)12-16-11-15(5-7-19(16)21)20-9-10-28-25(32-20)30-18-13-29-35(4)14-18/h5,7,9-11,13-14,17,21H,6,8,12H2,1-4H3,(H,31,36)(H,28,30,32)/t17-,21?/m0/s1. The van der Waals surface area contributed by atoms with Crippen LogP contribution in [-0.2, 0) is 18.9 Å². The van der Waals surface area contributed by atoms with Crippen molar-refractivity contribution >= 4 is 17.5 Å². The maximum Gasteiger partial charge on any atom is 0.309 e. The first-order valence-electron chi connectivity index (χ1n) is 12.2. The van der Waals surface area contributed by atoms with Crippen LogP contribution in [0.15, 0.2) is 47.3 Å². The summed E-state index contributed by atoms with van der Waals surface area (Å²) < 4.78 is 22.0. The van der Waals surface area contributed by atoms with Gasteiger partial charge in [-0.1, -0.05) is 32.9 Å². The van der Waals surface area contributed by atoms with Crippen molar-refractivity contribution in [2.24, 2.45) is 7.05 Å². The van der Waals surface area contributed by atoms with Crippen molar-refractivity contribution in [1.29, 1.82) is 0 Å². The monoisotopic (exact) mass is 504 g/mol. The van der Waals surface area contributed by atoms with Gasteiger partial charge in [-0.2, -0.15) is 5.10 Å². The molecule has 3 heterocycles. The lowest BCUT2D eigenvalue weighted by Gasteiger charge is -2.19. The van der Waals surface area contributed by atoms with E-state index in [2.05, 4.69) is 35.9 Å². The second kappa shape index (κ2) is 9.72. The van der Waals surface area contributed by atoms with Crippen molar-refractivity contribution in [3.8, 4) is 11.3 Å². The van der Waals surface area contributed by atoms with Crippen LogP contribution >= 0.6 is 0 Å². The molecule has 192 valence electrons. The van der Waals surface area contributed by atoms with Crippen LogP contribution in [0.1, 0.15) is 67.4 Å². The molecule has 0 aliphatic heterocycles. The van der Waals surface area contributed by atoms with E-state index in [9.17, 15) is 9.18 Å². The Hall–Kier alpha value is -4.15. The first-order valence-corrected chi connectivity index (χ1v) is 12.2. The SMILES string of the molecule is Cn1cc(Nc2nccc(-c3ccc4c(c3)C[C@@H](F)CCC4NC(=O)c3nnc(C(C)(C)C)o3)n2)cn1. The zero-order valence-corrected chi connectivity index (χ0v) is 21.2. The molecular weight excluding hydrogens is 475 g/mol. The Kier molecular flexibility index (Phi) is 6.45. The summed E-state index contributed by atoms with van der Waals surface area (Å²) in [4.78, 5) is 21.8. The summed E-state index contributed by atoms with van der Waals surface area (Å²) >= 11 is 0. The first-order chi connectivity index (χ1) is 17.7. The Bertz CT molecular complexity index is 1420. The Balaban J connectivity index is 1.39. The van der Waals surface area contributed by atoms with Gasteiger partial charge in [0, 0.05) is 36.8 Å². The van der Waals surface area contributed by atoms with Crippen LogP contribution in [0.4, 0.5) is 16.0 Å². The zero-order chi connectivity index (χ0) is 26.2. The highest BCUT2D eigenvalue weighted by Crippen LogP contribution is 2.33. The predicted octanol–water partition coefficient (Wildman–Crippen LogP) is 4.45. The average Bonchev–Trinajstić information content (AvgIpc) is 3.48. The maximum absolute atomic E-state index is 14.7. The lowest BCUT2D eigenvalue weighted by molar-refractivity contribution is 0.0894. The summed E-state index contributed by atoms with van der Waals surface area (Å²) in [7, 11) is 1.83. The molecule has 11 heteroatoms. The number of amides is 1. The molecule has 0 fully saturated rings. The minimum absolute atomic E-state index is 0.0984. The van der Waals surface area contributed by atoms with E-state index in [1.807, 2.05) is 52.2 Å². The van der Waals surface area contributed by atoms with Gasteiger partial charge in [0.2, 0.25) is 11.8 Å². The van der Waals surface area contributed by atoms with E-state index in [-0.39, 0.29) is 23.8 Å². The van der Waals surface area contributed by atoms with Gasteiger partial charge < -0.3 is 15.1 Å². The normalized spacial score (nSPS) is 17.6. The number of alkyl halides is 1. The van der Waals surface area contributed by atoms with Gasteiger partial charge in [0.25, 0.3) is 0 Å². The highest BCUT2D eigenvalue weighted by molar-refractivity contribution is 5.89. The van der Waals surface area contributed by atoms with Gasteiger partial charge in [-0.3, -0.25) is 9.48 Å². The minimum atomic E-state index is -1.01. The van der Waals surface area contributed by atoms with Gasteiger partial charge >= 0.3 is 11.8 Å². The molecule has 2 N–H and O–H groups in total. The number of aryl methyl sites for hydroxylation is 1. The van der Waals surface area contributed by atoms with Gasteiger partial charge in [0.1, 0.15) is 6.17 Å². The number of hydrogen-bond donors (Lipinski definition) is 2. The number of nitrogens with one attached hydrogen (secondary N) is 2. The lowest BCUT2D eigenvalue weighted by Crippen LogP contribution is -2.29. The van der Waals surface area contributed by atoms with Crippen molar-refractivity contribution in [1.82, 2.24) is 35.3 Å². The molecule has 3 aromatic heterocycles. The van der Waals surface area contributed by atoms with Crippen molar-refractivity contribution in [2.75, 3.05) is 5.32 Å². The summed E-state index contributed by atoms with van der Waals surface area (Å²) in [6, 6.07) is 7.22. The number of aromatic nitrogens is 6. The van der Waals surface area contributed by atoms with Crippen LogP contribution < -0.4 is 10.6 Å². The predicted molar refractivity (Wildman–Crippen MR) is 135 cm³/mol. The summed E-state index contributed by atoms with van der Waals surface area (Å²) in [5.41, 5.74) is 3.64. The van der Waals surface area contributed by atoms with Crippen LogP contribution in [0.3, 0.4) is 0 Å². The molecule has 2 atom stereocenters. The van der Waals surface area contributed by atoms with Gasteiger partial charge in [0.05, 0.1) is 23.6 Å². The largest absolute Gasteiger partial charge is 0.416 e. The van der Waals surface area contributed by atoms with E-state index in [1.165, 1.54) is 0 Å². The fourth-order valence-corrected chi connectivity index (χ4v) is 4.31. The van der Waals surface area contributed by atoms with Crippen molar-refractivity contribution in [3.05, 3.63) is 65.8 Å². The minimum Gasteiger partial charge on any atom is -0.416 e. The summed E-state index contributed by atoms with van der Waals surface area (Å²) in [5.74, 6) is 0.249. The molecule has 1 amide bonds. The number of hydrogen-bond acceptors (Lipinski definition) is 8. The Morgan fingerprint density at radius 3 is 2.76 bits per heavy atom. The Labute approximate surface area is 213 Å². The van der Waals surface area contributed by atoms with Crippen LogP contribution in [-0.4, -0.2) is 42.0 Å². The number of fused-ring (bicyclic) bond motifs is 1. The van der Waals surface area contributed by atoms with E-state index in [0.29, 0.717) is 30.4 Å². The third kappa shape index (κ3) is 5.50. The van der Waals surface area contributed by atoms with Crippen LogP contribution in [0.5, 0.6) is 0 Å². The number of rotatable bonds is 5. The van der Waals surface area contributed by atoms with Gasteiger partial charge in [-0.05, 0) is 36.1 Å². The van der Waals surface area contributed by atoms with Gasteiger partial charge in [0.15, 0.2) is 0 Å². The molecule has 37 heavy (non-hydrogen) atoms. The highest BCUT2D eigenvalue weighted by Gasteiger charge is 2.29. The summed E-state index contributed by atoms with van der Waals surface area (Å²) in [5, 5.41) is 18.1. The van der Waals surface area contributed by atoms with E-state index in [1.54, 1.807) is 23.1 Å². The lowest BCUT2D eigenvalue weighted by atomic mass is 9.95. The second-order valence-electron chi connectivity index (χ2n) is 10.3. The van der Waals surface area contributed by atoms with E-state index in [0.717, 1.165) is 22.4 Å². The molecule has 0 spiro atoms. The van der Waals surface area contributed by atoms with Crippen LogP contribution in [0.2, 0.25) is 0 Å². The molecule has 0 saturated carbocycles. The first kappa shape index (κ1) is 24.5. The number of nitrogens with zero attached hydrogens (tertiary/aromatic N) is 6. The highest BCUT2D eigenvalue weighted by atomic mass is 19.1. The number of carbonyl (C=O) groups excluding carboxylic acids is 1. The Morgan fingerprint density at radius 1 is 1.19 bits per heavy atom. The van der Waals surface area contributed by atoms with Gasteiger partial charge in [-0.15, -0.1) is 10.2 Å². The molecule has 10 nitrogen and oxygen atoms in total. The zero-order valence-electron chi connectivity index (χ0n) is 21.2. The molecule has 1 aromatic carbocycles. The van der Waals surface area contributed by atoms with E-state index >= 15 is 0 Å². The maximum atomic E-state index is 14.7. The third-order valence-electron chi connectivity index (χ3n) is 6.21. The summed E-state index contributed by atoms with van der Waals surface area (Å²) in [6.07, 6.45) is 5.23. The van der Waals surface area contributed by atoms with Crippen LogP contribution in [0.25, 0.3) is 11.3 Å².